The van der Waals surface area contributed by atoms with E-state index in [1.165, 1.54) is 12.8 Å². The van der Waals surface area contributed by atoms with Crippen molar-refractivity contribution >= 4 is 35.8 Å². The van der Waals surface area contributed by atoms with Gasteiger partial charge in [-0.3, -0.25) is 19.2 Å². The zero-order valence-corrected chi connectivity index (χ0v) is 33.0. The van der Waals surface area contributed by atoms with Gasteiger partial charge in [0.25, 0.3) is 0 Å². The third kappa shape index (κ3) is 16.0. The van der Waals surface area contributed by atoms with Crippen LogP contribution in [0, 0.1) is 11.8 Å². The van der Waals surface area contributed by atoms with Crippen LogP contribution in [0.25, 0.3) is 0 Å². The van der Waals surface area contributed by atoms with Gasteiger partial charge in [-0.25, -0.2) is 9.59 Å². The zero-order valence-electron chi connectivity index (χ0n) is 33.0. The van der Waals surface area contributed by atoms with Gasteiger partial charge < -0.3 is 44.1 Å². The molecule has 316 valence electrons. The van der Waals surface area contributed by atoms with Gasteiger partial charge in [0.2, 0.25) is 11.2 Å². The lowest BCUT2D eigenvalue weighted by molar-refractivity contribution is -0.189. The average molecular weight is 787 g/mol. The van der Waals surface area contributed by atoms with E-state index >= 15 is 0 Å². The van der Waals surface area contributed by atoms with Gasteiger partial charge in [0.15, 0.2) is 0 Å². The Balaban J connectivity index is 1.84. The molecular formula is C40H66O15. The second-order valence-electron chi connectivity index (χ2n) is 15.1. The van der Waals surface area contributed by atoms with Gasteiger partial charge in [-0.2, -0.15) is 0 Å². The summed E-state index contributed by atoms with van der Waals surface area (Å²) in [4.78, 5) is 75.1. The smallest absolute Gasteiger partial charge is 0.351 e. The minimum absolute atomic E-state index is 0.114. The molecule has 2 aliphatic rings. The fourth-order valence-corrected chi connectivity index (χ4v) is 7.33. The van der Waals surface area contributed by atoms with E-state index in [1.807, 2.05) is 0 Å². The first-order valence-corrected chi connectivity index (χ1v) is 20.5. The van der Waals surface area contributed by atoms with E-state index in [9.17, 15) is 49.2 Å². The normalized spacial score (nSPS) is 21.7. The molecule has 0 aromatic rings. The molecule has 6 atom stereocenters. The van der Waals surface area contributed by atoms with Gasteiger partial charge >= 0.3 is 35.8 Å². The fourth-order valence-electron chi connectivity index (χ4n) is 7.33. The van der Waals surface area contributed by atoms with Crippen molar-refractivity contribution in [3.05, 3.63) is 0 Å². The summed E-state index contributed by atoms with van der Waals surface area (Å²) >= 11 is 0. The van der Waals surface area contributed by atoms with Crippen LogP contribution in [0.2, 0.25) is 0 Å². The number of unbranched alkanes of at least 4 members (excludes halogenated alkanes) is 14. The summed E-state index contributed by atoms with van der Waals surface area (Å²) in [6.45, 7) is 2.27. The van der Waals surface area contributed by atoms with Crippen LogP contribution in [0.15, 0.2) is 0 Å². The Morgan fingerprint density at radius 2 is 1.02 bits per heavy atom. The average Bonchev–Trinajstić information content (AvgIpc) is 3.74. The molecule has 0 aliphatic carbocycles. The summed E-state index contributed by atoms with van der Waals surface area (Å²) in [6.07, 6.45) is 12.5. The van der Waals surface area contributed by atoms with E-state index in [0.29, 0.717) is 12.8 Å². The lowest BCUT2D eigenvalue weighted by Crippen LogP contribution is -2.50. The third-order valence-corrected chi connectivity index (χ3v) is 10.5. The van der Waals surface area contributed by atoms with Crippen LogP contribution in [-0.2, 0) is 52.5 Å². The highest BCUT2D eigenvalue weighted by molar-refractivity contribution is 5.92. The van der Waals surface area contributed by atoms with Crippen LogP contribution >= 0.6 is 0 Å². The number of cyclic esters (lactones) is 2. The first-order valence-electron chi connectivity index (χ1n) is 20.5. The molecule has 4 N–H and O–H groups in total. The van der Waals surface area contributed by atoms with Crippen molar-refractivity contribution in [3.63, 3.8) is 0 Å². The summed E-state index contributed by atoms with van der Waals surface area (Å²) in [5.74, 6) is -8.71. The van der Waals surface area contributed by atoms with Crippen LogP contribution in [0.5, 0.6) is 0 Å². The van der Waals surface area contributed by atoms with Crippen molar-refractivity contribution in [1.82, 2.24) is 0 Å². The number of ether oxygens (including phenoxy) is 5. The van der Waals surface area contributed by atoms with Crippen molar-refractivity contribution in [3.8, 4) is 0 Å². The number of carboxylic acid groups (broad SMARTS) is 2. The van der Waals surface area contributed by atoms with Crippen LogP contribution in [-0.4, -0.2) is 106 Å². The van der Waals surface area contributed by atoms with Gasteiger partial charge in [0.05, 0.1) is 13.2 Å². The van der Waals surface area contributed by atoms with Crippen molar-refractivity contribution in [2.45, 2.75) is 179 Å². The second kappa shape index (κ2) is 25.8. The number of esters is 4. The number of aliphatic carboxylic acids is 2. The minimum Gasteiger partial charge on any atom is -0.481 e. The number of carboxylic acids is 2. The Bertz CT molecular complexity index is 1210. The minimum atomic E-state index is -2.05. The van der Waals surface area contributed by atoms with E-state index in [2.05, 4.69) is 13.8 Å². The summed E-state index contributed by atoms with van der Waals surface area (Å²) in [6, 6.07) is 0. The van der Waals surface area contributed by atoms with E-state index in [0.717, 1.165) is 77.0 Å². The molecular weight excluding hydrogens is 720 g/mol. The molecule has 0 radical (unpaired) electrons. The number of aliphatic hydroxyl groups is 2. The SMILES string of the molecule is CCCCCCCCCC[C@H](C(=O)OCC(O)COCC(O)COC(=O)[C@@]1([C@H](CCCCCCCCCC)C(=O)O)CCC(=O)O1)[C@]1(C(=O)O)CCC(=O)O1. The highest BCUT2D eigenvalue weighted by atomic mass is 16.6. The summed E-state index contributed by atoms with van der Waals surface area (Å²) < 4.78 is 26.4. The largest absolute Gasteiger partial charge is 0.481 e. The van der Waals surface area contributed by atoms with Crippen molar-refractivity contribution in [2.75, 3.05) is 26.4 Å². The quantitative estimate of drug-likeness (QED) is 0.0379. The second-order valence-corrected chi connectivity index (χ2v) is 15.1. The molecule has 0 saturated carbocycles. The molecule has 15 nitrogen and oxygen atoms in total. The topological polar surface area (TPSA) is 229 Å². The third-order valence-electron chi connectivity index (χ3n) is 10.5. The molecule has 0 aromatic heterocycles. The molecule has 0 spiro atoms. The number of carbonyl (C=O) groups is 6. The predicted molar refractivity (Wildman–Crippen MR) is 198 cm³/mol. The molecule has 0 amide bonds. The Labute approximate surface area is 325 Å². The van der Waals surface area contributed by atoms with Crippen LogP contribution < -0.4 is 0 Å². The maximum absolute atomic E-state index is 13.2. The summed E-state index contributed by atoms with van der Waals surface area (Å²) in [5, 5.41) is 40.9. The molecule has 2 rings (SSSR count). The molecule has 2 heterocycles. The zero-order chi connectivity index (χ0) is 40.7. The molecule has 2 fully saturated rings. The monoisotopic (exact) mass is 786 g/mol. The lowest BCUT2D eigenvalue weighted by atomic mass is 9.81. The van der Waals surface area contributed by atoms with Crippen LogP contribution in [0.4, 0.5) is 0 Å². The van der Waals surface area contributed by atoms with Gasteiger partial charge in [0, 0.05) is 25.7 Å². The van der Waals surface area contributed by atoms with Gasteiger partial charge in [-0.05, 0) is 12.8 Å². The first-order chi connectivity index (χ1) is 26.3. The molecule has 0 aromatic carbocycles. The molecule has 15 heteroatoms. The van der Waals surface area contributed by atoms with Gasteiger partial charge in [-0.1, -0.05) is 117 Å². The van der Waals surface area contributed by atoms with Gasteiger partial charge in [0.1, 0.15) is 37.3 Å². The van der Waals surface area contributed by atoms with Crippen molar-refractivity contribution in [2.24, 2.45) is 11.8 Å². The summed E-state index contributed by atoms with van der Waals surface area (Å²) in [5.41, 5.74) is -4.06. The highest BCUT2D eigenvalue weighted by Gasteiger charge is 2.58. The first kappa shape index (κ1) is 47.9. The molecule has 55 heavy (non-hydrogen) atoms. The number of hydrogen-bond donors (Lipinski definition) is 4. The lowest BCUT2D eigenvalue weighted by Gasteiger charge is -2.31. The van der Waals surface area contributed by atoms with E-state index in [1.54, 1.807) is 0 Å². The van der Waals surface area contributed by atoms with Crippen LogP contribution in [0.3, 0.4) is 0 Å². The van der Waals surface area contributed by atoms with E-state index in [-0.39, 0.29) is 38.5 Å². The molecule has 0 bridgehead atoms. The van der Waals surface area contributed by atoms with E-state index < -0.39 is 97.5 Å². The number of aliphatic hydroxyl groups excluding tert-OH is 2. The van der Waals surface area contributed by atoms with Crippen molar-refractivity contribution in [1.29, 1.82) is 0 Å². The molecule has 2 saturated heterocycles. The Morgan fingerprint density at radius 3 is 1.44 bits per heavy atom. The van der Waals surface area contributed by atoms with Gasteiger partial charge in [-0.15, -0.1) is 0 Å². The summed E-state index contributed by atoms with van der Waals surface area (Å²) in [7, 11) is 0. The Morgan fingerprint density at radius 1 is 0.600 bits per heavy atom. The highest BCUT2D eigenvalue weighted by Crippen LogP contribution is 2.40. The van der Waals surface area contributed by atoms with E-state index in [4.69, 9.17) is 23.7 Å². The Kier molecular flexibility index (Phi) is 22.4. The van der Waals surface area contributed by atoms with Crippen LogP contribution in [0.1, 0.15) is 155 Å². The standard InChI is InChI=1S/C40H66O15/c1-3-5-7-9-11-13-15-17-19-31(35(45)46)40(24-22-34(44)55-40)38(50)53-28-30(42)26-51-25-29(41)27-52-36(47)32(20-18-16-14-12-10-8-6-4-2)39(37(48)49)23-21-33(43)54-39/h29-32,41-42H,3-28H2,1-2H3,(H,45,46)(H,48,49)/t29?,30?,31-,32-,39+,40+/m1/s1. The maximum atomic E-state index is 13.2. The molecule has 2 unspecified atom stereocenters. The maximum Gasteiger partial charge on any atom is 0.351 e. The Hall–Kier alpha value is -3.30. The number of hydrogen-bond acceptors (Lipinski definition) is 13. The fraction of sp³-hybridized carbons (Fsp3) is 0.850. The number of carbonyl (C=O) groups excluding carboxylic acids is 4. The van der Waals surface area contributed by atoms with Crippen molar-refractivity contribution < 1.29 is 72.9 Å². The number of rotatable bonds is 32. The predicted octanol–water partition coefficient (Wildman–Crippen LogP) is 5.43. The molecule has 2 aliphatic heterocycles.